The van der Waals surface area contributed by atoms with Gasteiger partial charge >= 0.3 is 11.7 Å². The molecule has 5 rings (SSSR count). The van der Waals surface area contributed by atoms with Crippen molar-refractivity contribution >= 4 is 17.1 Å². The summed E-state index contributed by atoms with van der Waals surface area (Å²) in [7, 11) is 1.35. The highest BCUT2D eigenvalue weighted by molar-refractivity contribution is 5.94. The van der Waals surface area contributed by atoms with Crippen LogP contribution in [0.5, 0.6) is 0 Å². The molecule has 0 unspecified atom stereocenters. The van der Waals surface area contributed by atoms with E-state index >= 15 is 0 Å². The van der Waals surface area contributed by atoms with Crippen molar-refractivity contribution in [1.29, 1.82) is 0 Å². The van der Waals surface area contributed by atoms with Gasteiger partial charge < -0.3 is 9.30 Å². The van der Waals surface area contributed by atoms with Gasteiger partial charge in [0.1, 0.15) is 11.2 Å². The lowest BCUT2D eigenvalue weighted by atomic mass is 9.83. The van der Waals surface area contributed by atoms with E-state index in [2.05, 4.69) is 36.1 Å². The largest absolute Gasteiger partial charge is 0.465 e. The van der Waals surface area contributed by atoms with E-state index in [0.29, 0.717) is 22.8 Å². The molecule has 34 heavy (non-hydrogen) atoms. The van der Waals surface area contributed by atoms with E-state index in [1.807, 2.05) is 13.0 Å². The third kappa shape index (κ3) is 4.23. The van der Waals surface area contributed by atoms with Gasteiger partial charge in [-0.1, -0.05) is 24.9 Å². The van der Waals surface area contributed by atoms with E-state index in [4.69, 9.17) is 9.72 Å². The Morgan fingerprint density at radius 3 is 2.71 bits per heavy atom. The Morgan fingerprint density at radius 2 is 2.00 bits per heavy atom. The van der Waals surface area contributed by atoms with Crippen molar-refractivity contribution in [2.45, 2.75) is 46.1 Å². The van der Waals surface area contributed by atoms with Crippen LogP contribution in [0.3, 0.4) is 0 Å². The van der Waals surface area contributed by atoms with E-state index in [-0.39, 0.29) is 11.6 Å². The molecule has 176 valence electrons. The number of methoxy groups -OCH3 is 1. The molecular weight excluding hydrogens is 436 g/mol. The van der Waals surface area contributed by atoms with Crippen LogP contribution in [0.4, 0.5) is 0 Å². The number of carbonyl (C=O) groups excluding carboxylic acids is 1. The summed E-state index contributed by atoms with van der Waals surface area (Å²) in [4.78, 5) is 40.1. The molecule has 1 aliphatic carbocycles. The first-order valence-corrected chi connectivity index (χ1v) is 11.4. The third-order valence-corrected chi connectivity index (χ3v) is 6.49. The fourth-order valence-corrected chi connectivity index (χ4v) is 4.70. The summed E-state index contributed by atoms with van der Waals surface area (Å²) in [5.41, 5.74) is 3.88. The summed E-state index contributed by atoms with van der Waals surface area (Å²) < 4.78 is 11.7. The van der Waals surface area contributed by atoms with E-state index in [1.165, 1.54) is 32.8 Å². The van der Waals surface area contributed by atoms with E-state index < -0.39 is 11.7 Å². The van der Waals surface area contributed by atoms with Crippen LogP contribution >= 0.6 is 0 Å². The zero-order chi connectivity index (χ0) is 23.8. The van der Waals surface area contributed by atoms with Crippen LogP contribution in [0.15, 0.2) is 33.8 Å². The summed E-state index contributed by atoms with van der Waals surface area (Å²) in [5, 5.41) is 3.73. The Hall–Kier alpha value is -3.82. The van der Waals surface area contributed by atoms with Gasteiger partial charge in [-0.05, 0) is 55.4 Å². The number of hydrogen-bond donors (Lipinski definition) is 1. The first-order chi connectivity index (χ1) is 16.4. The number of aryl methyl sites for hydroxylation is 1. The number of hydrogen-bond acceptors (Lipinski definition) is 8. The maximum atomic E-state index is 12.3. The van der Waals surface area contributed by atoms with Gasteiger partial charge in [-0.3, -0.25) is 9.51 Å². The van der Waals surface area contributed by atoms with Gasteiger partial charge in [-0.15, -0.1) is 0 Å². The van der Waals surface area contributed by atoms with Crippen molar-refractivity contribution < 1.29 is 14.1 Å². The van der Waals surface area contributed by atoms with E-state index in [0.717, 1.165) is 29.1 Å². The average Bonchev–Trinajstić information content (AvgIpc) is 3.45. The molecule has 10 heteroatoms. The first-order valence-electron chi connectivity index (χ1n) is 11.4. The molecule has 10 nitrogen and oxygen atoms in total. The number of benzene rings is 1. The van der Waals surface area contributed by atoms with Crippen molar-refractivity contribution in [2.24, 2.45) is 11.8 Å². The molecule has 0 amide bonds. The Morgan fingerprint density at radius 1 is 1.21 bits per heavy atom. The predicted octanol–water partition coefficient (Wildman–Crippen LogP) is 3.76. The average molecular weight is 463 g/mol. The Balaban J connectivity index is 1.67. The van der Waals surface area contributed by atoms with Crippen LogP contribution in [0.1, 0.15) is 48.5 Å². The lowest BCUT2D eigenvalue weighted by Crippen LogP contribution is -2.17. The molecule has 1 fully saturated rings. The molecule has 3 heterocycles. The number of nitrogens with zero attached hydrogens (tertiary/aromatic N) is 5. The Labute approximate surface area is 195 Å². The predicted molar refractivity (Wildman–Crippen MR) is 124 cm³/mol. The zero-order valence-corrected chi connectivity index (χ0v) is 19.4. The smallest absolute Gasteiger partial charge is 0.439 e. The maximum absolute atomic E-state index is 12.3. The number of rotatable bonds is 5. The SMILES string of the molecule is COC(=O)c1cc(C)cc(-c2nc(-c3noc(=O)[nH]3)nc3ncn(CC4CCC(C)CC4)c23)c1. The van der Waals surface area contributed by atoms with Crippen molar-refractivity contribution in [1.82, 2.24) is 29.7 Å². The van der Waals surface area contributed by atoms with Crippen molar-refractivity contribution in [3.05, 3.63) is 46.2 Å². The minimum atomic E-state index is -0.694. The van der Waals surface area contributed by atoms with Crippen LogP contribution in [-0.4, -0.2) is 42.7 Å². The molecule has 1 N–H and O–H groups in total. The highest BCUT2D eigenvalue weighted by Crippen LogP contribution is 2.33. The van der Waals surface area contributed by atoms with Crippen molar-refractivity contribution in [2.75, 3.05) is 7.11 Å². The Bertz CT molecular complexity index is 1410. The van der Waals surface area contributed by atoms with Gasteiger partial charge in [-0.2, -0.15) is 0 Å². The van der Waals surface area contributed by atoms with Gasteiger partial charge in [-0.25, -0.2) is 24.5 Å². The molecule has 0 aliphatic heterocycles. The maximum Gasteiger partial charge on any atom is 0.439 e. The number of esters is 1. The number of carbonyl (C=O) groups is 1. The van der Waals surface area contributed by atoms with Crippen LogP contribution in [-0.2, 0) is 11.3 Å². The number of H-pyrrole nitrogens is 1. The summed E-state index contributed by atoms with van der Waals surface area (Å²) >= 11 is 0. The number of aromatic amines is 1. The van der Waals surface area contributed by atoms with Crippen LogP contribution in [0, 0.1) is 18.8 Å². The molecule has 1 aromatic carbocycles. The first kappa shape index (κ1) is 22.0. The monoisotopic (exact) mass is 462 g/mol. The Kier molecular flexibility index (Phi) is 5.72. The third-order valence-electron chi connectivity index (χ3n) is 6.49. The minimum Gasteiger partial charge on any atom is -0.465 e. The van der Waals surface area contributed by atoms with Crippen LogP contribution < -0.4 is 5.76 Å². The topological polar surface area (TPSA) is 129 Å². The lowest BCUT2D eigenvalue weighted by Gasteiger charge is -2.26. The number of nitrogens with one attached hydrogen (secondary N) is 1. The molecule has 0 spiro atoms. The lowest BCUT2D eigenvalue weighted by molar-refractivity contribution is 0.0600. The second-order valence-corrected chi connectivity index (χ2v) is 9.11. The molecule has 1 aliphatic rings. The quantitative estimate of drug-likeness (QED) is 0.444. The molecule has 0 radical (unpaired) electrons. The highest BCUT2D eigenvalue weighted by atomic mass is 16.5. The van der Waals surface area contributed by atoms with Gasteiger partial charge in [0.15, 0.2) is 5.65 Å². The molecule has 3 aromatic heterocycles. The fraction of sp³-hybridized carbons (Fsp3) is 0.417. The number of imidazole rings is 1. The molecule has 0 bridgehead atoms. The van der Waals surface area contributed by atoms with Crippen LogP contribution in [0.25, 0.3) is 34.1 Å². The molecule has 4 aromatic rings. The molecule has 1 saturated carbocycles. The highest BCUT2D eigenvalue weighted by Gasteiger charge is 2.23. The number of aromatic nitrogens is 6. The second kappa shape index (κ2) is 8.85. The molecule has 0 saturated heterocycles. The summed E-state index contributed by atoms with van der Waals surface area (Å²) in [6.07, 6.45) is 6.58. The van der Waals surface area contributed by atoms with Gasteiger partial charge in [0, 0.05) is 12.1 Å². The number of fused-ring (bicyclic) bond motifs is 1. The van der Waals surface area contributed by atoms with Crippen molar-refractivity contribution in [3.63, 3.8) is 0 Å². The van der Waals surface area contributed by atoms with E-state index in [1.54, 1.807) is 18.5 Å². The summed E-state index contributed by atoms with van der Waals surface area (Å²) in [6.45, 7) is 5.03. The normalized spacial score (nSPS) is 18.3. The summed E-state index contributed by atoms with van der Waals surface area (Å²) in [6, 6.07) is 5.46. The van der Waals surface area contributed by atoms with Gasteiger partial charge in [0.2, 0.25) is 11.6 Å². The second-order valence-electron chi connectivity index (χ2n) is 9.11. The fourth-order valence-electron chi connectivity index (χ4n) is 4.70. The standard InChI is InChI=1S/C24H26N6O4/c1-13-4-6-15(7-5-13)11-30-12-25-20-19(30)18(26-21(27-20)22-28-24(32)34-29-22)16-8-14(2)9-17(10-16)23(31)33-3/h8-10,12-13,15H,4-7,11H2,1-3H3,(H,28,29,32). The van der Waals surface area contributed by atoms with Crippen LogP contribution in [0.2, 0.25) is 0 Å². The molecular formula is C24H26N6O4. The van der Waals surface area contributed by atoms with Crippen molar-refractivity contribution in [3.8, 4) is 22.9 Å². The molecule has 0 atom stereocenters. The van der Waals surface area contributed by atoms with E-state index in [9.17, 15) is 9.59 Å². The zero-order valence-electron chi connectivity index (χ0n) is 19.4. The summed E-state index contributed by atoms with van der Waals surface area (Å²) in [5.74, 6) is 0.500. The minimum absolute atomic E-state index is 0.116. The van der Waals surface area contributed by atoms with Gasteiger partial charge in [0.05, 0.1) is 19.0 Å². The van der Waals surface area contributed by atoms with Gasteiger partial charge in [0.25, 0.3) is 0 Å². The number of ether oxygens (including phenoxy) is 1.